The summed E-state index contributed by atoms with van der Waals surface area (Å²) in [7, 11) is 2.35. The first-order valence-corrected chi connectivity index (χ1v) is 8.15. The zero-order chi connectivity index (χ0) is 12.5. The minimum atomic E-state index is 0.497. The highest BCUT2D eigenvalue weighted by Gasteiger charge is 2.39. The Balaban J connectivity index is 1.40. The molecule has 3 saturated carbocycles. The van der Waals surface area contributed by atoms with E-state index in [0.29, 0.717) is 6.04 Å². The molecule has 3 rings (SSSR count). The molecular formula is C16H30N2. The van der Waals surface area contributed by atoms with E-state index >= 15 is 0 Å². The van der Waals surface area contributed by atoms with E-state index in [-0.39, 0.29) is 0 Å². The van der Waals surface area contributed by atoms with Gasteiger partial charge in [-0.3, -0.25) is 0 Å². The molecule has 0 radical (unpaired) electrons. The number of nitrogens with zero attached hydrogens (tertiary/aromatic N) is 1. The molecular weight excluding hydrogens is 220 g/mol. The van der Waals surface area contributed by atoms with E-state index in [1.165, 1.54) is 58.0 Å². The Kier molecular flexibility index (Phi) is 3.95. The van der Waals surface area contributed by atoms with E-state index < -0.39 is 0 Å². The van der Waals surface area contributed by atoms with E-state index in [4.69, 9.17) is 5.73 Å². The van der Waals surface area contributed by atoms with Crippen molar-refractivity contribution in [2.45, 2.75) is 57.4 Å². The fourth-order valence-electron chi connectivity index (χ4n) is 4.89. The predicted molar refractivity (Wildman–Crippen MR) is 76.4 cm³/mol. The largest absolute Gasteiger partial charge is 0.328 e. The molecule has 2 N–H and O–H groups in total. The molecule has 18 heavy (non-hydrogen) atoms. The highest BCUT2D eigenvalue weighted by atomic mass is 15.1. The Morgan fingerprint density at radius 3 is 2.33 bits per heavy atom. The van der Waals surface area contributed by atoms with Crippen molar-refractivity contribution < 1.29 is 0 Å². The maximum Gasteiger partial charge on any atom is 0.00390 e. The number of rotatable bonds is 4. The highest BCUT2D eigenvalue weighted by molar-refractivity contribution is 4.91. The minimum Gasteiger partial charge on any atom is -0.328 e. The SMILES string of the molecule is CN(CC1CCC(N)CC1)CC1CC2CCC1C2. The molecule has 3 unspecified atom stereocenters. The topological polar surface area (TPSA) is 29.3 Å². The summed E-state index contributed by atoms with van der Waals surface area (Å²) in [6.45, 7) is 2.68. The smallest absolute Gasteiger partial charge is 0.00390 e. The predicted octanol–water partition coefficient (Wildman–Crippen LogP) is 2.87. The molecule has 0 aromatic heterocycles. The van der Waals surface area contributed by atoms with Crippen LogP contribution in [0.3, 0.4) is 0 Å². The van der Waals surface area contributed by atoms with Gasteiger partial charge in [-0.05, 0) is 75.7 Å². The van der Waals surface area contributed by atoms with Gasteiger partial charge in [0.2, 0.25) is 0 Å². The lowest BCUT2D eigenvalue weighted by molar-refractivity contribution is 0.176. The van der Waals surface area contributed by atoms with Gasteiger partial charge in [0.05, 0.1) is 0 Å². The molecule has 0 aromatic carbocycles. The van der Waals surface area contributed by atoms with Crippen LogP contribution in [0.15, 0.2) is 0 Å². The van der Waals surface area contributed by atoms with Crippen LogP contribution in [-0.2, 0) is 0 Å². The molecule has 104 valence electrons. The van der Waals surface area contributed by atoms with Crippen molar-refractivity contribution >= 4 is 0 Å². The monoisotopic (exact) mass is 250 g/mol. The van der Waals surface area contributed by atoms with Gasteiger partial charge in [-0.1, -0.05) is 6.42 Å². The molecule has 0 aromatic rings. The molecule has 2 heteroatoms. The van der Waals surface area contributed by atoms with Crippen molar-refractivity contribution in [3.63, 3.8) is 0 Å². The second-order valence-corrected chi connectivity index (χ2v) is 7.44. The molecule has 0 spiro atoms. The quantitative estimate of drug-likeness (QED) is 0.831. The zero-order valence-corrected chi connectivity index (χ0v) is 12.0. The third kappa shape index (κ3) is 2.91. The maximum atomic E-state index is 5.99. The molecule has 3 aliphatic rings. The second-order valence-electron chi connectivity index (χ2n) is 7.44. The van der Waals surface area contributed by atoms with Crippen LogP contribution in [0.4, 0.5) is 0 Å². The van der Waals surface area contributed by atoms with Gasteiger partial charge in [0.25, 0.3) is 0 Å². The van der Waals surface area contributed by atoms with E-state index in [0.717, 1.165) is 23.7 Å². The van der Waals surface area contributed by atoms with Crippen molar-refractivity contribution in [3.8, 4) is 0 Å². The summed E-state index contributed by atoms with van der Waals surface area (Å²) in [5.41, 5.74) is 5.99. The molecule has 0 saturated heterocycles. The summed E-state index contributed by atoms with van der Waals surface area (Å²) >= 11 is 0. The lowest BCUT2D eigenvalue weighted by Crippen LogP contribution is -2.35. The number of nitrogens with two attached hydrogens (primary N) is 1. The van der Waals surface area contributed by atoms with E-state index in [1.54, 1.807) is 6.42 Å². The Labute approximate surface area is 112 Å². The summed E-state index contributed by atoms with van der Waals surface area (Å²) in [6.07, 6.45) is 11.4. The van der Waals surface area contributed by atoms with Crippen LogP contribution in [0.1, 0.15) is 51.4 Å². The fourth-order valence-corrected chi connectivity index (χ4v) is 4.89. The Morgan fingerprint density at radius 1 is 0.944 bits per heavy atom. The number of hydrogen-bond acceptors (Lipinski definition) is 2. The minimum absolute atomic E-state index is 0.497. The average Bonchev–Trinajstić information content (AvgIpc) is 2.94. The first-order chi connectivity index (χ1) is 8.70. The van der Waals surface area contributed by atoms with E-state index in [2.05, 4.69) is 11.9 Å². The van der Waals surface area contributed by atoms with Gasteiger partial charge in [-0.15, -0.1) is 0 Å². The molecule has 3 fully saturated rings. The van der Waals surface area contributed by atoms with Gasteiger partial charge in [0.1, 0.15) is 0 Å². The summed E-state index contributed by atoms with van der Waals surface area (Å²) in [5.74, 6) is 4.13. The van der Waals surface area contributed by atoms with Crippen LogP contribution in [0.25, 0.3) is 0 Å². The Morgan fingerprint density at radius 2 is 1.72 bits per heavy atom. The lowest BCUT2D eigenvalue weighted by atomic mass is 9.85. The second kappa shape index (κ2) is 5.50. The van der Waals surface area contributed by atoms with Crippen molar-refractivity contribution in [1.82, 2.24) is 4.90 Å². The van der Waals surface area contributed by atoms with Crippen LogP contribution in [0.2, 0.25) is 0 Å². The van der Waals surface area contributed by atoms with Gasteiger partial charge >= 0.3 is 0 Å². The van der Waals surface area contributed by atoms with Gasteiger partial charge < -0.3 is 10.6 Å². The summed E-state index contributed by atoms with van der Waals surface area (Å²) in [6, 6.07) is 0.497. The lowest BCUT2D eigenvalue weighted by Gasteiger charge is -2.32. The third-order valence-corrected chi connectivity index (χ3v) is 5.89. The normalized spacial score (nSPS) is 43.8. The van der Waals surface area contributed by atoms with Crippen LogP contribution < -0.4 is 5.73 Å². The molecule has 2 bridgehead atoms. The van der Waals surface area contributed by atoms with E-state index in [1.807, 2.05) is 0 Å². The Hall–Kier alpha value is -0.0800. The summed E-state index contributed by atoms with van der Waals surface area (Å²) in [5, 5.41) is 0. The number of fused-ring (bicyclic) bond motifs is 2. The summed E-state index contributed by atoms with van der Waals surface area (Å²) < 4.78 is 0. The third-order valence-electron chi connectivity index (χ3n) is 5.89. The van der Waals surface area contributed by atoms with Crippen molar-refractivity contribution in [2.24, 2.45) is 29.4 Å². The van der Waals surface area contributed by atoms with Crippen molar-refractivity contribution in [2.75, 3.05) is 20.1 Å². The van der Waals surface area contributed by atoms with Crippen LogP contribution in [0.5, 0.6) is 0 Å². The molecule has 0 aliphatic heterocycles. The first-order valence-electron chi connectivity index (χ1n) is 8.15. The number of hydrogen-bond donors (Lipinski definition) is 1. The van der Waals surface area contributed by atoms with Gasteiger partial charge in [0.15, 0.2) is 0 Å². The molecule has 0 heterocycles. The van der Waals surface area contributed by atoms with Gasteiger partial charge in [0, 0.05) is 19.1 Å². The average molecular weight is 250 g/mol. The molecule has 0 amide bonds. The van der Waals surface area contributed by atoms with Crippen molar-refractivity contribution in [3.05, 3.63) is 0 Å². The molecule has 3 atom stereocenters. The zero-order valence-electron chi connectivity index (χ0n) is 12.0. The van der Waals surface area contributed by atoms with Crippen molar-refractivity contribution in [1.29, 1.82) is 0 Å². The van der Waals surface area contributed by atoms with Gasteiger partial charge in [-0.25, -0.2) is 0 Å². The highest BCUT2D eigenvalue weighted by Crippen LogP contribution is 2.48. The maximum absolute atomic E-state index is 5.99. The standard InChI is InChI=1S/C16H30N2/c1-18(10-12-3-6-16(17)7-4-12)11-15-9-13-2-5-14(15)8-13/h12-16H,2-11,17H2,1H3. The summed E-state index contributed by atoms with van der Waals surface area (Å²) in [4.78, 5) is 2.63. The first kappa shape index (κ1) is 12.9. The van der Waals surface area contributed by atoms with E-state index in [9.17, 15) is 0 Å². The molecule has 2 nitrogen and oxygen atoms in total. The van der Waals surface area contributed by atoms with Crippen LogP contribution in [0, 0.1) is 23.7 Å². The Bertz CT molecular complexity index is 270. The van der Waals surface area contributed by atoms with Crippen LogP contribution >= 0.6 is 0 Å². The van der Waals surface area contributed by atoms with Crippen LogP contribution in [-0.4, -0.2) is 31.1 Å². The fraction of sp³-hybridized carbons (Fsp3) is 1.00. The molecule has 3 aliphatic carbocycles. The van der Waals surface area contributed by atoms with Gasteiger partial charge in [-0.2, -0.15) is 0 Å².